The number of nitrogens with one attached hydrogen (secondary N) is 4. The van der Waals surface area contributed by atoms with Crippen LogP contribution in [0.25, 0.3) is 5.95 Å². The molecule has 0 amide bonds. The Morgan fingerprint density at radius 1 is 0.495 bits per heavy atom. The van der Waals surface area contributed by atoms with E-state index in [1.807, 2.05) is 19.9 Å². The van der Waals surface area contributed by atoms with Crippen LogP contribution in [0.3, 0.4) is 0 Å². The van der Waals surface area contributed by atoms with Crippen molar-refractivity contribution >= 4 is 62.4 Å². The Kier molecular flexibility index (Phi) is 28.7. The van der Waals surface area contributed by atoms with Gasteiger partial charge in [-0.05, 0) is 104 Å². The van der Waals surface area contributed by atoms with Gasteiger partial charge in [0.05, 0.1) is 11.4 Å². The highest BCUT2D eigenvalue weighted by atomic mass is 35.5. The molecule has 0 unspecified atom stereocenters. The number of anilines is 3. The SMILES string of the molecule is CS(=O)(=O)c1nc(NC2CCC(F)(F)CC2)cc(C(F)(F)F)n1.CSc1nc(Cl)cc(C(F)(F)F)n1.CSc1nc(NC2CCC(F)(F)CC2)cc(C(F)(F)F)n1.Cc1cc(C)[nH]n1.Cc1cc(C)n(-c2nc(NC3CCC(F)(F)CC3)cc(C(F)(F)F)n2)n1.NC1CCC(F)(F)CC1. The molecule has 4 aliphatic rings. The number of aromatic amines is 1. The number of nitrogens with two attached hydrogens (primary N) is 1. The van der Waals surface area contributed by atoms with Crippen LogP contribution in [-0.4, -0.2) is 135 Å². The lowest BCUT2D eigenvalue weighted by molar-refractivity contribution is -0.142. The maximum absolute atomic E-state index is 13.3. The fourth-order valence-corrected chi connectivity index (χ4v) is 11.1. The summed E-state index contributed by atoms with van der Waals surface area (Å²) in [6.45, 7) is 7.34. The van der Waals surface area contributed by atoms with E-state index in [1.165, 1.54) is 4.68 Å². The fourth-order valence-electron chi connectivity index (χ4n) is 9.56. The Balaban J connectivity index is 0.000000225. The first-order valence-corrected chi connectivity index (χ1v) is 34.5. The van der Waals surface area contributed by atoms with E-state index in [2.05, 4.69) is 71.1 Å². The number of hydrogen-bond donors (Lipinski definition) is 5. The number of halogens is 21. The van der Waals surface area contributed by atoms with E-state index in [4.69, 9.17) is 17.3 Å². The Hall–Kier alpha value is -6.36. The zero-order chi connectivity index (χ0) is 74.5. The van der Waals surface area contributed by atoms with Crippen LogP contribution in [0.2, 0.25) is 5.15 Å². The van der Waals surface area contributed by atoms with E-state index in [9.17, 15) is 96.2 Å². The second kappa shape index (κ2) is 34.1. The molecule has 6 N–H and O–H groups in total. The lowest BCUT2D eigenvalue weighted by Gasteiger charge is -2.29. The van der Waals surface area contributed by atoms with Crippen LogP contribution in [0.4, 0.5) is 105 Å². The van der Waals surface area contributed by atoms with Crippen molar-refractivity contribution in [1.29, 1.82) is 0 Å². The largest absolute Gasteiger partial charge is 0.433 e. The third-order valence-corrected chi connectivity index (χ3v) is 16.8. The molecule has 0 spiro atoms. The van der Waals surface area contributed by atoms with Gasteiger partial charge in [-0.15, -0.1) is 0 Å². The predicted octanol–water partition coefficient (Wildman–Crippen LogP) is 16.8. The first-order chi connectivity index (χ1) is 45.4. The van der Waals surface area contributed by atoms with Crippen molar-refractivity contribution in [3.8, 4) is 5.95 Å². The van der Waals surface area contributed by atoms with E-state index in [0.29, 0.717) is 42.6 Å². The number of hydrogen-bond acceptors (Lipinski definition) is 18. The minimum atomic E-state index is -4.85. The van der Waals surface area contributed by atoms with Crippen molar-refractivity contribution in [2.45, 2.75) is 218 Å². The molecule has 0 aromatic carbocycles. The minimum Gasteiger partial charge on any atom is -0.367 e. The Bertz CT molecular complexity index is 3650. The van der Waals surface area contributed by atoms with Crippen molar-refractivity contribution in [2.75, 3.05) is 34.7 Å². The van der Waals surface area contributed by atoms with Gasteiger partial charge in [0.15, 0.2) is 33.1 Å². The van der Waals surface area contributed by atoms with Gasteiger partial charge in [-0.3, -0.25) is 5.10 Å². The van der Waals surface area contributed by atoms with E-state index in [-0.39, 0.29) is 147 Å². The Morgan fingerprint density at radius 2 is 0.848 bits per heavy atom. The molecule has 0 saturated heterocycles. The van der Waals surface area contributed by atoms with Crippen LogP contribution >= 0.6 is 35.1 Å². The molecule has 4 saturated carbocycles. The highest BCUT2D eigenvalue weighted by Crippen LogP contribution is 2.40. The molecular formula is C57H69ClF20N16O2S3. The highest BCUT2D eigenvalue weighted by molar-refractivity contribution is 7.98. The quantitative estimate of drug-likeness (QED) is 0.0370. The Labute approximate surface area is 568 Å². The second-order valence-corrected chi connectivity index (χ2v) is 27.2. The molecule has 0 radical (unpaired) electrons. The highest BCUT2D eigenvalue weighted by Gasteiger charge is 2.41. The van der Waals surface area contributed by atoms with E-state index < -0.39 is 92.2 Å². The molecule has 6 aromatic heterocycles. The van der Waals surface area contributed by atoms with E-state index in [0.717, 1.165) is 47.0 Å². The van der Waals surface area contributed by atoms with Gasteiger partial charge < -0.3 is 21.7 Å². The molecule has 18 nitrogen and oxygen atoms in total. The molecule has 4 fully saturated rings. The summed E-state index contributed by atoms with van der Waals surface area (Å²) >= 11 is 7.37. The zero-order valence-corrected chi connectivity index (χ0v) is 56.8. The summed E-state index contributed by atoms with van der Waals surface area (Å²) in [5.74, 6) is -11.2. The molecule has 10 rings (SSSR count). The zero-order valence-electron chi connectivity index (χ0n) is 53.6. The van der Waals surface area contributed by atoms with E-state index >= 15 is 0 Å². The molecule has 42 heteroatoms. The molecule has 0 aliphatic heterocycles. The van der Waals surface area contributed by atoms with Gasteiger partial charge in [-0.1, -0.05) is 35.1 Å². The first-order valence-electron chi connectivity index (χ1n) is 29.8. The van der Waals surface area contributed by atoms with Gasteiger partial charge in [0, 0.05) is 117 Å². The molecular weight excluding hydrogens is 1450 g/mol. The normalized spacial score (nSPS) is 18.2. The maximum atomic E-state index is 13.3. The number of rotatable bonds is 10. The summed E-state index contributed by atoms with van der Waals surface area (Å²) in [6, 6.07) is 5.42. The van der Waals surface area contributed by atoms with Crippen molar-refractivity contribution in [1.82, 2.24) is 59.8 Å². The van der Waals surface area contributed by atoms with Crippen molar-refractivity contribution in [3.05, 3.63) is 87.1 Å². The number of alkyl halides is 20. The summed E-state index contributed by atoms with van der Waals surface area (Å²) in [5, 5.41) is 17.9. The number of aryl methyl sites for hydroxylation is 4. The minimum absolute atomic E-state index is 0.00605. The summed E-state index contributed by atoms with van der Waals surface area (Å²) in [7, 11) is -4.05. The third kappa shape index (κ3) is 28.5. The predicted molar refractivity (Wildman–Crippen MR) is 328 cm³/mol. The molecule has 0 atom stereocenters. The van der Waals surface area contributed by atoms with Crippen LogP contribution < -0.4 is 21.7 Å². The Morgan fingerprint density at radius 3 is 1.17 bits per heavy atom. The van der Waals surface area contributed by atoms with Gasteiger partial charge in [-0.2, -0.15) is 67.9 Å². The van der Waals surface area contributed by atoms with Crippen molar-refractivity contribution < 1.29 is 96.2 Å². The van der Waals surface area contributed by atoms with Crippen LogP contribution in [0.15, 0.2) is 51.9 Å². The molecule has 6 aromatic rings. The average molecular weight is 1520 g/mol. The summed E-state index contributed by atoms with van der Waals surface area (Å²) in [6.07, 6.45) is -14.9. The fraction of sp³-hybridized carbons (Fsp3) is 0.614. The standard InChI is InChI=1S/C16H18F5N5.C12H14F5N3O2S.C12H14F5N3S.C6H4ClF3N2S.C6H11F2N.C5H8N2/c1-9-7-10(2)26(25-9)14-23-12(16(19,20)21)8-13(24-14)22-11-3-5-15(17,18)6-4-11;1-23(21,22)10-19-8(12(15,16)17)6-9(20-10)18-7-2-4-11(13,14)5-3-7;1-21-10-19-8(12(15,16)17)6-9(20-10)18-7-2-4-11(13,14)5-3-7;1-13-5-11-3(6(8,9)10)2-4(7)12-5;7-6(8)3-1-5(9)2-4-6;1-4-3-5(2)7-6-4/h7-8,11H,3-6H2,1-2H3,(H,22,23,24);6-7H,2-5H2,1H3,(H,18,19,20);6-7H,2-5H2,1H3,(H,18,19,20);2H,1H3;5H,1-4,9H2;3H,1-2H3,(H,6,7). The van der Waals surface area contributed by atoms with Crippen molar-refractivity contribution in [3.63, 3.8) is 0 Å². The average Bonchev–Trinajstić information content (AvgIpc) is 1.76. The number of aromatic nitrogens is 12. The molecule has 99 heavy (non-hydrogen) atoms. The van der Waals surface area contributed by atoms with Gasteiger partial charge >= 0.3 is 24.7 Å². The topological polar surface area (TPSA) is 246 Å². The lowest BCUT2D eigenvalue weighted by Crippen LogP contribution is -2.32. The van der Waals surface area contributed by atoms with E-state index in [1.54, 1.807) is 32.4 Å². The molecule has 6 heterocycles. The van der Waals surface area contributed by atoms with Gasteiger partial charge in [0.2, 0.25) is 38.7 Å². The maximum Gasteiger partial charge on any atom is 0.433 e. The van der Waals surface area contributed by atoms with Gasteiger partial charge in [0.25, 0.3) is 5.95 Å². The van der Waals surface area contributed by atoms with Crippen LogP contribution in [-0.2, 0) is 34.5 Å². The van der Waals surface area contributed by atoms with Crippen molar-refractivity contribution in [2.24, 2.45) is 5.73 Å². The van der Waals surface area contributed by atoms with Crippen LogP contribution in [0.1, 0.15) is 148 Å². The number of thioether (sulfide) groups is 2. The number of H-pyrrole nitrogens is 1. The van der Waals surface area contributed by atoms with Crippen LogP contribution in [0, 0.1) is 27.7 Å². The van der Waals surface area contributed by atoms with Gasteiger partial charge in [-0.25, -0.2) is 83.1 Å². The molecule has 0 bridgehead atoms. The first kappa shape index (κ1) is 83.3. The van der Waals surface area contributed by atoms with Gasteiger partial charge in [0.1, 0.15) is 22.6 Å². The summed E-state index contributed by atoms with van der Waals surface area (Å²) < 4.78 is 280. The third-order valence-electron chi connectivity index (χ3n) is 14.7. The smallest absolute Gasteiger partial charge is 0.367 e. The second-order valence-electron chi connectivity index (χ2n) is 23.4. The number of sulfone groups is 1. The van der Waals surface area contributed by atoms with Crippen LogP contribution in [0.5, 0.6) is 0 Å². The number of nitrogens with zero attached hydrogens (tertiary/aromatic N) is 11. The monoisotopic (exact) mass is 1520 g/mol. The molecule has 4 aliphatic carbocycles. The summed E-state index contributed by atoms with van der Waals surface area (Å²) in [4.78, 5) is 28.4. The summed E-state index contributed by atoms with van der Waals surface area (Å²) in [5.41, 5.74) is 4.23. The lowest BCUT2D eigenvalue weighted by atomic mass is 9.92. The molecule has 554 valence electrons.